The number of ether oxygens (including phenoxy) is 2. The Morgan fingerprint density at radius 1 is 1.03 bits per heavy atom. The zero-order valence-electron chi connectivity index (χ0n) is 19.0. The van der Waals surface area contributed by atoms with E-state index in [1.165, 1.54) is 18.2 Å². The van der Waals surface area contributed by atoms with Crippen molar-refractivity contribution in [2.24, 2.45) is 0 Å². The third-order valence-corrected chi connectivity index (χ3v) is 6.77. The van der Waals surface area contributed by atoms with Gasteiger partial charge in [0.15, 0.2) is 0 Å². The van der Waals surface area contributed by atoms with E-state index >= 15 is 0 Å². The van der Waals surface area contributed by atoms with E-state index in [0.29, 0.717) is 50.5 Å². The van der Waals surface area contributed by atoms with Crippen LogP contribution >= 0.6 is 24.0 Å². The molecule has 4 rings (SSSR count). The van der Waals surface area contributed by atoms with Gasteiger partial charge in [0.05, 0.1) is 29.2 Å². The van der Waals surface area contributed by atoms with Gasteiger partial charge in [-0.3, -0.25) is 9.69 Å². The first-order valence-corrected chi connectivity index (χ1v) is 12.2. The van der Waals surface area contributed by atoms with Crippen LogP contribution in [0.5, 0.6) is 5.75 Å². The molecule has 2 aliphatic rings. The Labute approximate surface area is 217 Å². The number of carbonyl (C=O) groups is 1. The predicted octanol–water partition coefficient (Wildman–Crippen LogP) is 5.59. The van der Waals surface area contributed by atoms with Gasteiger partial charge in [-0.05, 0) is 47.5 Å². The average Bonchev–Trinajstić information content (AvgIpc) is 3.15. The third kappa shape index (κ3) is 7.03. The molecule has 0 unspecified atom stereocenters. The number of halogens is 6. The molecular formula is C24H20F6N2O3S2. The van der Waals surface area contributed by atoms with Crippen LogP contribution in [-0.2, 0) is 21.9 Å². The molecule has 2 aromatic carbocycles. The van der Waals surface area contributed by atoms with Crippen LogP contribution in [0, 0.1) is 0 Å². The first-order valence-electron chi connectivity index (χ1n) is 11.0. The molecule has 13 heteroatoms. The first kappa shape index (κ1) is 27.4. The molecule has 0 spiro atoms. The van der Waals surface area contributed by atoms with Crippen molar-refractivity contribution in [1.29, 1.82) is 0 Å². The number of nitrogens with one attached hydrogen (secondary N) is 1. The molecule has 5 nitrogen and oxygen atoms in total. The summed E-state index contributed by atoms with van der Waals surface area (Å²) in [4.78, 5) is 14.4. The highest BCUT2D eigenvalue weighted by Gasteiger charge is 2.37. The van der Waals surface area contributed by atoms with Crippen molar-refractivity contribution in [2.45, 2.75) is 12.4 Å². The minimum Gasteiger partial charge on any atom is -0.492 e. The summed E-state index contributed by atoms with van der Waals surface area (Å²) >= 11 is 5.96. The summed E-state index contributed by atoms with van der Waals surface area (Å²) in [6, 6.07) is 5.81. The summed E-state index contributed by atoms with van der Waals surface area (Å²) in [5, 5.41) is 2.45. The SMILES string of the molecule is O=C1NC(=S)SC1=Cc1ccc(OCCN2CCOCC2)c(-c2cc(C(F)(F)F)cc(C(F)(F)F)c2)c1. The van der Waals surface area contributed by atoms with Gasteiger partial charge in [-0.1, -0.05) is 30.0 Å². The second-order valence-corrected chi connectivity index (χ2v) is 9.92. The highest BCUT2D eigenvalue weighted by atomic mass is 32.2. The summed E-state index contributed by atoms with van der Waals surface area (Å²) in [5.74, 6) is -0.331. The molecule has 0 atom stereocenters. The standard InChI is InChI=1S/C24H20F6N2O3S2/c25-23(26,27)16-11-15(12-17(13-16)24(28,29)30)18-9-14(10-20-21(33)31-22(36)37-20)1-2-19(18)35-8-5-32-3-6-34-7-4-32/h1-2,9-13H,3-8H2,(H,31,33,36). The molecule has 1 amide bonds. The maximum absolute atomic E-state index is 13.5. The molecular weight excluding hydrogens is 542 g/mol. The molecule has 2 fully saturated rings. The van der Waals surface area contributed by atoms with Gasteiger partial charge in [0.2, 0.25) is 0 Å². The van der Waals surface area contributed by atoms with Gasteiger partial charge in [0.25, 0.3) is 5.91 Å². The highest BCUT2D eigenvalue weighted by Crippen LogP contribution is 2.41. The van der Waals surface area contributed by atoms with E-state index in [9.17, 15) is 31.1 Å². The smallest absolute Gasteiger partial charge is 0.416 e. The maximum Gasteiger partial charge on any atom is 0.416 e. The normalized spacial score (nSPS) is 18.4. The minimum atomic E-state index is -5.00. The first-order chi connectivity index (χ1) is 17.4. The van der Waals surface area contributed by atoms with Crippen molar-refractivity contribution in [2.75, 3.05) is 39.5 Å². The van der Waals surface area contributed by atoms with Gasteiger partial charge in [0.1, 0.15) is 16.7 Å². The van der Waals surface area contributed by atoms with E-state index in [4.69, 9.17) is 21.7 Å². The number of benzene rings is 2. The Morgan fingerprint density at radius 2 is 1.68 bits per heavy atom. The predicted molar refractivity (Wildman–Crippen MR) is 131 cm³/mol. The molecule has 2 saturated heterocycles. The second kappa shape index (κ2) is 11.0. The third-order valence-electron chi connectivity index (χ3n) is 5.61. The number of rotatable bonds is 6. The quantitative estimate of drug-likeness (QED) is 0.282. The number of carbonyl (C=O) groups excluding carboxylic acids is 1. The Balaban J connectivity index is 1.74. The maximum atomic E-state index is 13.5. The van der Waals surface area contributed by atoms with Crippen LogP contribution in [0.4, 0.5) is 26.3 Å². The molecule has 0 bridgehead atoms. The Kier molecular flexibility index (Phi) is 8.17. The van der Waals surface area contributed by atoms with Crippen molar-refractivity contribution >= 4 is 40.3 Å². The van der Waals surface area contributed by atoms with E-state index in [-0.39, 0.29) is 38.8 Å². The fourth-order valence-corrected chi connectivity index (χ4v) is 4.83. The fourth-order valence-electron chi connectivity index (χ4n) is 3.78. The van der Waals surface area contributed by atoms with Crippen LogP contribution in [0.15, 0.2) is 41.3 Å². The van der Waals surface area contributed by atoms with E-state index in [0.717, 1.165) is 11.8 Å². The molecule has 0 aliphatic carbocycles. The molecule has 2 aromatic rings. The fraction of sp³-hybridized carbons (Fsp3) is 0.333. The van der Waals surface area contributed by atoms with Gasteiger partial charge in [-0.2, -0.15) is 26.3 Å². The molecule has 0 aromatic heterocycles. The molecule has 0 saturated carbocycles. The minimum absolute atomic E-state index is 0.0268. The lowest BCUT2D eigenvalue weighted by Gasteiger charge is -2.26. The number of thioether (sulfide) groups is 1. The van der Waals surface area contributed by atoms with Gasteiger partial charge in [-0.15, -0.1) is 0 Å². The molecule has 37 heavy (non-hydrogen) atoms. The molecule has 2 heterocycles. The van der Waals surface area contributed by atoms with Gasteiger partial charge in [0, 0.05) is 25.2 Å². The van der Waals surface area contributed by atoms with Gasteiger partial charge < -0.3 is 14.8 Å². The number of amides is 1. The average molecular weight is 563 g/mol. The van der Waals surface area contributed by atoms with Crippen LogP contribution in [0.2, 0.25) is 0 Å². The Hall–Kier alpha value is -2.61. The van der Waals surface area contributed by atoms with Crippen molar-refractivity contribution in [3.63, 3.8) is 0 Å². The van der Waals surface area contributed by atoms with Crippen molar-refractivity contribution < 1.29 is 40.6 Å². The van der Waals surface area contributed by atoms with Crippen molar-refractivity contribution in [3.05, 3.63) is 58.0 Å². The summed E-state index contributed by atoms with van der Waals surface area (Å²) < 4.78 is 92.4. The number of hydrogen-bond acceptors (Lipinski definition) is 6. The van der Waals surface area contributed by atoms with Crippen molar-refractivity contribution in [3.8, 4) is 16.9 Å². The zero-order chi connectivity index (χ0) is 26.8. The molecule has 1 N–H and O–H groups in total. The van der Waals surface area contributed by atoms with Crippen molar-refractivity contribution in [1.82, 2.24) is 10.2 Å². The number of nitrogens with zero attached hydrogens (tertiary/aromatic N) is 1. The second-order valence-electron chi connectivity index (χ2n) is 8.20. The Morgan fingerprint density at radius 3 is 2.24 bits per heavy atom. The molecule has 2 aliphatic heterocycles. The van der Waals surface area contributed by atoms with E-state index < -0.39 is 29.4 Å². The lowest BCUT2D eigenvalue weighted by Crippen LogP contribution is -2.38. The van der Waals surface area contributed by atoms with Gasteiger partial charge in [-0.25, -0.2) is 0 Å². The van der Waals surface area contributed by atoms with Crippen LogP contribution in [0.3, 0.4) is 0 Å². The lowest BCUT2D eigenvalue weighted by atomic mass is 9.96. The van der Waals surface area contributed by atoms with E-state index in [1.54, 1.807) is 6.07 Å². The van der Waals surface area contributed by atoms with Crippen LogP contribution < -0.4 is 10.1 Å². The number of alkyl halides is 6. The summed E-state index contributed by atoms with van der Waals surface area (Å²) in [6.07, 6.45) is -8.54. The largest absolute Gasteiger partial charge is 0.492 e. The number of thiocarbonyl (C=S) groups is 1. The Bertz CT molecular complexity index is 1190. The van der Waals surface area contributed by atoms with E-state index in [2.05, 4.69) is 10.2 Å². The van der Waals surface area contributed by atoms with Crippen LogP contribution in [0.25, 0.3) is 17.2 Å². The zero-order valence-corrected chi connectivity index (χ0v) is 20.7. The summed E-state index contributed by atoms with van der Waals surface area (Å²) in [7, 11) is 0. The lowest BCUT2D eigenvalue weighted by molar-refractivity contribution is -0.143. The monoisotopic (exact) mass is 562 g/mol. The number of morpholine rings is 1. The van der Waals surface area contributed by atoms with E-state index in [1.807, 2.05) is 0 Å². The highest BCUT2D eigenvalue weighted by molar-refractivity contribution is 8.26. The van der Waals surface area contributed by atoms with Crippen LogP contribution in [-0.4, -0.2) is 54.6 Å². The topological polar surface area (TPSA) is 50.8 Å². The number of hydrogen-bond donors (Lipinski definition) is 1. The van der Waals surface area contributed by atoms with Crippen LogP contribution in [0.1, 0.15) is 16.7 Å². The molecule has 0 radical (unpaired) electrons. The van der Waals surface area contributed by atoms with Gasteiger partial charge >= 0.3 is 12.4 Å². The summed E-state index contributed by atoms with van der Waals surface area (Å²) in [6.45, 7) is 3.16. The summed E-state index contributed by atoms with van der Waals surface area (Å²) in [5.41, 5.74) is -2.78. The molecule has 198 valence electrons.